The molecule has 0 bridgehead atoms. The van der Waals surface area contributed by atoms with Gasteiger partial charge >= 0.3 is 12.1 Å². The maximum Gasteiger partial charge on any atom is 0.407 e. The molecule has 1 amide bonds. The van der Waals surface area contributed by atoms with Gasteiger partial charge in [-0.3, -0.25) is 0 Å². The fraction of sp³-hybridized carbons (Fsp3) is 0.692. The Morgan fingerprint density at radius 1 is 1.26 bits per heavy atom. The molecule has 6 nitrogen and oxygen atoms in total. The number of esters is 1. The molecule has 0 aromatic rings. The molecule has 1 atom stereocenters. The van der Waals surface area contributed by atoms with E-state index in [-0.39, 0.29) is 19.8 Å². The number of carbonyl (C=O) groups excluding carboxylic acids is 2. The Kier molecular flexibility index (Phi) is 10.6. The zero-order valence-corrected chi connectivity index (χ0v) is 11.6. The Morgan fingerprint density at radius 3 is 2.63 bits per heavy atom. The van der Waals surface area contributed by atoms with Crippen molar-refractivity contribution in [2.45, 2.75) is 20.3 Å². The smallest absolute Gasteiger partial charge is 0.407 e. The van der Waals surface area contributed by atoms with Crippen LogP contribution in [0.4, 0.5) is 4.79 Å². The van der Waals surface area contributed by atoms with Gasteiger partial charge in [-0.2, -0.15) is 0 Å². The minimum absolute atomic E-state index is 0.0878. The van der Waals surface area contributed by atoms with Crippen LogP contribution in [0.2, 0.25) is 0 Å². The van der Waals surface area contributed by atoms with Crippen molar-refractivity contribution >= 4 is 12.1 Å². The first-order chi connectivity index (χ1) is 9.10. The quantitative estimate of drug-likeness (QED) is 0.371. The summed E-state index contributed by atoms with van der Waals surface area (Å²) in [5.41, 5.74) is 0. The van der Waals surface area contributed by atoms with Gasteiger partial charge in [-0.15, -0.1) is 0 Å². The number of carbonyl (C=O) groups is 2. The summed E-state index contributed by atoms with van der Waals surface area (Å²) in [6.07, 6.45) is 1.57. The van der Waals surface area contributed by atoms with E-state index < -0.39 is 12.1 Å². The van der Waals surface area contributed by atoms with E-state index in [1.165, 1.54) is 0 Å². The summed E-state index contributed by atoms with van der Waals surface area (Å²) in [6, 6.07) is 0. The van der Waals surface area contributed by atoms with Crippen LogP contribution >= 0.6 is 0 Å². The molecular weight excluding hydrogens is 250 g/mol. The Bertz CT molecular complexity index is 280. The van der Waals surface area contributed by atoms with Crippen LogP contribution in [0.3, 0.4) is 0 Å². The summed E-state index contributed by atoms with van der Waals surface area (Å²) in [5.74, 6) is -0.0121. The van der Waals surface area contributed by atoms with Gasteiger partial charge in [0.2, 0.25) is 0 Å². The van der Waals surface area contributed by atoms with E-state index in [0.717, 1.165) is 12.5 Å². The van der Waals surface area contributed by atoms with Crippen LogP contribution in [-0.2, 0) is 19.0 Å². The number of alkyl carbamates (subject to hydrolysis) is 1. The fourth-order valence-corrected chi connectivity index (χ4v) is 1.01. The lowest BCUT2D eigenvalue weighted by Gasteiger charge is -2.10. The molecule has 0 fully saturated rings. The average molecular weight is 273 g/mol. The Balaban J connectivity index is 3.35. The lowest BCUT2D eigenvalue weighted by atomic mass is 10.1. The maximum absolute atomic E-state index is 11.2. The van der Waals surface area contributed by atoms with E-state index in [2.05, 4.69) is 30.5 Å². The first kappa shape index (κ1) is 17.4. The predicted molar refractivity (Wildman–Crippen MR) is 70.8 cm³/mol. The van der Waals surface area contributed by atoms with Gasteiger partial charge in [0.25, 0.3) is 0 Å². The average Bonchev–Trinajstić information content (AvgIpc) is 2.42. The molecule has 0 spiro atoms. The molecule has 110 valence electrons. The number of ether oxygens (including phenoxy) is 3. The third-order valence-corrected chi connectivity index (χ3v) is 2.34. The molecule has 0 saturated heterocycles. The van der Waals surface area contributed by atoms with Crippen molar-refractivity contribution in [2.75, 3.05) is 33.0 Å². The summed E-state index contributed by atoms with van der Waals surface area (Å²) in [7, 11) is 0. The molecule has 19 heavy (non-hydrogen) atoms. The van der Waals surface area contributed by atoms with E-state index >= 15 is 0 Å². The SMILES string of the molecule is C=CC(=O)OCCNC(=O)OCCOCC(C)CC. The second-order valence-corrected chi connectivity index (χ2v) is 4.02. The van der Waals surface area contributed by atoms with Crippen molar-refractivity contribution in [1.29, 1.82) is 0 Å². The standard InChI is InChI=1S/C13H23NO5/c1-4-11(3)10-17-8-9-19-13(16)14-6-7-18-12(15)5-2/h5,11H,2,4,6-10H2,1,3H3,(H,14,16). The normalized spacial score (nSPS) is 11.5. The molecule has 0 rings (SSSR count). The first-order valence-electron chi connectivity index (χ1n) is 6.37. The molecule has 0 aliphatic carbocycles. The van der Waals surface area contributed by atoms with E-state index in [0.29, 0.717) is 19.1 Å². The van der Waals surface area contributed by atoms with Gasteiger partial charge in [-0.25, -0.2) is 9.59 Å². The van der Waals surface area contributed by atoms with Gasteiger partial charge in [0, 0.05) is 12.7 Å². The van der Waals surface area contributed by atoms with E-state index in [4.69, 9.17) is 9.47 Å². The van der Waals surface area contributed by atoms with Crippen molar-refractivity contribution in [1.82, 2.24) is 5.32 Å². The van der Waals surface area contributed by atoms with Gasteiger partial charge in [-0.1, -0.05) is 26.8 Å². The van der Waals surface area contributed by atoms with E-state index in [9.17, 15) is 9.59 Å². The highest BCUT2D eigenvalue weighted by atomic mass is 16.6. The van der Waals surface area contributed by atoms with Gasteiger partial charge < -0.3 is 19.5 Å². The van der Waals surface area contributed by atoms with Crippen molar-refractivity contribution in [3.63, 3.8) is 0 Å². The molecule has 1 N–H and O–H groups in total. The van der Waals surface area contributed by atoms with Crippen molar-refractivity contribution in [2.24, 2.45) is 5.92 Å². The summed E-state index contributed by atoms with van der Waals surface area (Å²) < 4.78 is 14.8. The molecule has 0 radical (unpaired) electrons. The lowest BCUT2D eigenvalue weighted by molar-refractivity contribution is -0.137. The molecule has 0 aromatic heterocycles. The third kappa shape index (κ3) is 11.3. The summed E-state index contributed by atoms with van der Waals surface area (Å²) in [6.45, 7) is 8.98. The second kappa shape index (κ2) is 11.5. The van der Waals surface area contributed by atoms with Gasteiger partial charge in [0.05, 0.1) is 13.2 Å². The molecule has 0 aromatic carbocycles. The van der Waals surface area contributed by atoms with Crippen LogP contribution in [0.15, 0.2) is 12.7 Å². The first-order valence-corrected chi connectivity index (χ1v) is 6.37. The number of hydrogen-bond acceptors (Lipinski definition) is 5. The predicted octanol–water partition coefficient (Wildman–Crippen LogP) is 1.50. The topological polar surface area (TPSA) is 73.9 Å². The van der Waals surface area contributed by atoms with Crippen molar-refractivity contribution < 1.29 is 23.8 Å². The van der Waals surface area contributed by atoms with Crippen LogP contribution in [0.1, 0.15) is 20.3 Å². The molecule has 0 heterocycles. The Hall–Kier alpha value is -1.56. The van der Waals surface area contributed by atoms with Gasteiger partial charge in [0.15, 0.2) is 0 Å². The van der Waals surface area contributed by atoms with Gasteiger partial charge in [0.1, 0.15) is 13.2 Å². The molecule has 0 saturated carbocycles. The fourth-order valence-electron chi connectivity index (χ4n) is 1.01. The zero-order chi connectivity index (χ0) is 14.5. The lowest BCUT2D eigenvalue weighted by Crippen LogP contribution is -2.29. The summed E-state index contributed by atoms with van der Waals surface area (Å²) >= 11 is 0. The van der Waals surface area contributed by atoms with Crippen LogP contribution in [0.25, 0.3) is 0 Å². The van der Waals surface area contributed by atoms with Crippen LogP contribution in [0.5, 0.6) is 0 Å². The number of nitrogens with one attached hydrogen (secondary N) is 1. The minimum atomic E-state index is -0.554. The zero-order valence-electron chi connectivity index (χ0n) is 11.6. The highest BCUT2D eigenvalue weighted by molar-refractivity contribution is 5.81. The van der Waals surface area contributed by atoms with Crippen LogP contribution < -0.4 is 5.32 Å². The number of amides is 1. The highest BCUT2D eigenvalue weighted by Crippen LogP contribution is 1.99. The monoisotopic (exact) mass is 273 g/mol. The van der Waals surface area contributed by atoms with Gasteiger partial charge in [-0.05, 0) is 5.92 Å². The molecular formula is C13H23NO5. The van der Waals surface area contributed by atoms with Crippen molar-refractivity contribution in [3.8, 4) is 0 Å². The second-order valence-electron chi connectivity index (χ2n) is 4.02. The third-order valence-electron chi connectivity index (χ3n) is 2.34. The Labute approximate surface area is 114 Å². The minimum Gasteiger partial charge on any atom is -0.461 e. The molecule has 1 unspecified atom stereocenters. The van der Waals surface area contributed by atoms with Crippen molar-refractivity contribution in [3.05, 3.63) is 12.7 Å². The maximum atomic E-state index is 11.2. The summed E-state index contributed by atoms with van der Waals surface area (Å²) in [4.78, 5) is 21.8. The highest BCUT2D eigenvalue weighted by Gasteiger charge is 2.03. The summed E-state index contributed by atoms with van der Waals surface area (Å²) in [5, 5.41) is 2.44. The molecule has 6 heteroatoms. The number of hydrogen-bond donors (Lipinski definition) is 1. The number of rotatable bonds is 10. The van der Waals surface area contributed by atoms with Crippen LogP contribution in [-0.4, -0.2) is 45.0 Å². The van der Waals surface area contributed by atoms with Crippen LogP contribution in [0, 0.1) is 5.92 Å². The molecule has 0 aliphatic rings. The van der Waals surface area contributed by atoms with E-state index in [1.807, 2.05) is 0 Å². The van der Waals surface area contributed by atoms with E-state index in [1.54, 1.807) is 0 Å². The largest absolute Gasteiger partial charge is 0.461 e. The molecule has 0 aliphatic heterocycles. The Morgan fingerprint density at radius 2 is 2.00 bits per heavy atom.